The molecular weight excluding hydrogens is 270 g/mol. The van der Waals surface area contributed by atoms with E-state index in [0.717, 1.165) is 51.5 Å². The zero-order chi connectivity index (χ0) is 15.5. The van der Waals surface area contributed by atoms with Gasteiger partial charge < -0.3 is 19.7 Å². The van der Waals surface area contributed by atoms with E-state index in [1.165, 1.54) is 0 Å². The van der Waals surface area contributed by atoms with Gasteiger partial charge in [0.2, 0.25) is 0 Å². The molecule has 0 amide bonds. The third kappa shape index (κ3) is 6.33. The van der Waals surface area contributed by atoms with Crippen molar-refractivity contribution in [3.63, 3.8) is 0 Å². The van der Waals surface area contributed by atoms with Crippen molar-refractivity contribution in [3.8, 4) is 0 Å². The Labute approximate surface area is 127 Å². The third-order valence-electron chi connectivity index (χ3n) is 3.51. The minimum atomic E-state index is -0.0889. The van der Waals surface area contributed by atoms with Crippen LogP contribution in [0.15, 0.2) is 4.99 Å². The van der Waals surface area contributed by atoms with E-state index in [-0.39, 0.29) is 11.9 Å². The van der Waals surface area contributed by atoms with Crippen LogP contribution in [0, 0.1) is 5.92 Å². The van der Waals surface area contributed by atoms with E-state index < -0.39 is 0 Å². The largest absolute Gasteiger partial charge is 0.466 e. The van der Waals surface area contributed by atoms with Crippen LogP contribution in [-0.4, -0.2) is 63.3 Å². The third-order valence-corrected chi connectivity index (χ3v) is 3.51. The second-order valence-electron chi connectivity index (χ2n) is 5.06. The zero-order valence-electron chi connectivity index (χ0n) is 13.6. The van der Waals surface area contributed by atoms with Gasteiger partial charge in [-0.05, 0) is 33.1 Å². The Morgan fingerprint density at radius 3 is 2.86 bits per heavy atom. The van der Waals surface area contributed by atoms with Gasteiger partial charge in [0.15, 0.2) is 5.96 Å². The number of carbonyl (C=O) groups is 1. The highest BCUT2D eigenvalue weighted by molar-refractivity contribution is 5.81. The first-order valence-corrected chi connectivity index (χ1v) is 7.92. The highest BCUT2D eigenvalue weighted by Crippen LogP contribution is 2.17. The van der Waals surface area contributed by atoms with Gasteiger partial charge >= 0.3 is 5.97 Å². The number of guanidine groups is 1. The van der Waals surface area contributed by atoms with E-state index in [9.17, 15) is 4.79 Å². The molecule has 0 aliphatic carbocycles. The average Bonchev–Trinajstić information content (AvgIpc) is 2.51. The lowest BCUT2D eigenvalue weighted by Gasteiger charge is -2.33. The summed E-state index contributed by atoms with van der Waals surface area (Å²) in [5.74, 6) is 0.732. The molecule has 1 atom stereocenters. The SMILES string of the molecule is CCOCCCNC(=NC)N1CCCC(C(=O)OCC)C1. The second-order valence-corrected chi connectivity index (χ2v) is 5.06. The molecule has 1 rings (SSSR count). The molecule has 1 N–H and O–H groups in total. The molecule has 1 saturated heterocycles. The molecule has 1 aliphatic rings. The van der Waals surface area contributed by atoms with Gasteiger partial charge in [-0.3, -0.25) is 9.79 Å². The molecule has 6 heteroatoms. The number of nitrogens with zero attached hydrogens (tertiary/aromatic N) is 2. The Bertz CT molecular complexity index is 334. The van der Waals surface area contributed by atoms with Crippen LogP contribution in [0.1, 0.15) is 33.1 Å². The maximum atomic E-state index is 11.9. The van der Waals surface area contributed by atoms with Crippen LogP contribution in [0.4, 0.5) is 0 Å². The van der Waals surface area contributed by atoms with Crippen molar-refractivity contribution in [2.75, 3.05) is 46.5 Å². The van der Waals surface area contributed by atoms with Gasteiger partial charge in [-0.2, -0.15) is 0 Å². The first-order chi connectivity index (χ1) is 10.2. The molecule has 1 heterocycles. The maximum Gasteiger partial charge on any atom is 0.310 e. The number of nitrogens with one attached hydrogen (secondary N) is 1. The summed E-state index contributed by atoms with van der Waals surface area (Å²) in [6.45, 7) is 8.24. The van der Waals surface area contributed by atoms with Gasteiger partial charge in [0, 0.05) is 39.9 Å². The summed E-state index contributed by atoms with van der Waals surface area (Å²) < 4.78 is 10.4. The van der Waals surface area contributed by atoms with Crippen molar-refractivity contribution in [2.24, 2.45) is 10.9 Å². The maximum absolute atomic E-state index is 11.9. The molecule has 1 fully saturated rings. The first-order valence-electron chi connectivity index (χ1n) is 7.92. The summed E-state index contributed by atoms with van der Waals surface area (Å²) in [6.07, 6.45) is 2.84. The number of ether oxygens (including phenoxy) is 2. The molecule has 21 heavy (non-hydrogen) atoms. The Kier molecular flexibility index (Phi) is 8.82. The Morgan fingerprint density at radius 2 is 2.19 bits per heavy atom. The highest BCUT2D eigenvalue weighted by Gasteiger charge is 2.28. The molecule has 0 radical (unpaired) electrons. The van der Waals surface area contributed by atoms with Gasteiger partial charge in [0.05, 0.1) is 12.5 Å². The van der Waals surface area contributed by atoms with E-state index in [1.807, 2.05) is 13.8 Å². The molecule has 1 unspecified atom stereocenters. The van der Waals surface area contributed by atoms with E-state index in [4.69, 9.17) is 9.47 Å². The van der Waals surface area contributed by atoms with Gasteiger partial charge in [-0.1, -0.05) is 0 Å². The zero-order valence-corrected chi connectivity index (χ0v) is 13.6. The van der Waals surface area contributed by atoms with Crippen LogP contribution < -0.4 is 5.32 Å². The Balaban J connectivity index is 2.39. The molecule has 6 nitrogen and oxygen atoms in total. The lowest BCUT2D eigenvalue weighted by molar-refractivity contribution is -0.149. The number of carbonyl (C=O) groups excluding carboxylic acids is 1. The minimum absolute atomic E-state index is 0.0410. The lowest BCUT2D eigenvalue weighted by atomic mass is 9.98. The van der Waals surface area contributed by atoms with Crippen molar-refractivity contribution in [3.05, 3.63) is 0 Å². The van der Waals surface area contributed by atoms with Crippen molar-refractivity contribution >= 4 is 11.9 Å². The molecule has 0 aromatic carbocycles. The average molecular weight is 299 g/mol. The molecule has 0 aromatic rings. The highest BCUT2D eigenvalue weighted by atomic mass is 16.5. The van der Waals surface area contributed by atoms with Crippen LogP contribution in [0.3, 0.4) is 0 Å². The van der Waals surface area contributed by atoms with E-state index in [0.29, 0.717) is 13.2 Å². The molecular formula is C15H29N3O3. The predicted molar refractivity (Wildman–Crippen MR) is 83.4 cm³/mol. The fourth-order valence-corrected chi connectivity index (χ4v) is 2.47. The van der Waals surface area contributed by atoms with Gasteiger partial charge in [0.1, 0.15) is 0 Å². The van der Waals surface area contributed by atoms with Crippen LogP contribution in [0.25, 0.3) is 0 Å². The van der Waals surface area contributed by atoms with Crippen molar-refractivity contribution in [1.29, 1.82) is 0 Å². The van der Waals surface area contributed by atoms with E-state index in [2.05, 4.69) is 15.2 Å². The summed E-state index contributed by atoms with van der Waals surface area (Å²) in [5, 5.41) is 3.33. The number of hydrogen-bond donors (Lipinski definition) is 1. The van der Waals surface area contributed by atoms with Crippen molar-refractivity contribution in [2.45, 2.75) is 33.1 Å². The summed E-state index contributed by atoms with van der Waals surface area (Å²) >= 11 is 0. The second kappa shape index (κ2) is 10.4. The topological polar surface area (TPSA) is 63.2 Å². The first kappa shape index (κ1) is 17.8. The van der Waals surface area contributed by atoms with Crippen LogP contribution in [-0.2, 0) is 14.3 Å². The number of piperidine rings is 1. The molecule has 1 aliphatic heterocycles. The monoisotopic (exact) mass is 299 g/mol. The van der Waals surface area contributed by atoms with Crippen LogP contribution in [0.5, 0.6) is 0 Å². The van der Waals surface area contributed by atoms with Crippen LogP contribution >= 0.6 is 0 Å². The number of likely N-dealkylation sites (tertiary alicyclic amines) is 1. The molecule has 0 saturated carbocycles. The quantitative estimate of drug-likeness (QED) is 0.332. The van der Waals surface area contributed by atoms with Gasteiger partial charge in [0.25, 0.3) is 0 Å². The number of aliphatic imine (C=N–C) groups is 1. The molecule has 0 bridgehead atoms. The number of hydrogen-bond acceptors (Lipinski definition) is 4. The molecule has 0 aromatic heterocycles. The smallest absolute Gasteiger partial charge is 0.310 e. The predicted octanol–water partition coefficient (Wildman–Crippen LogP) is 1.26. The Morgan fingerprint density at radius 1 is 1.38 bits per heavy atom. The summed E-state index contributed by atoms with van der Waals surface area (Å²) in [4.78, 5) is 18.3. The van der Waals surface area contributed by atoms with Crippen molar-refractivity contribution < 1.29 is 14.3 Å². The molecule has 122 valence electrons. The molecule has 0 spiro atoms. The normalized spacial score (nSPS) is 19.5. The standard InChI is InChI=1S/C15H29N3O3/c1-4-20-11-7-9-17-15(16-3)18-10-6-8-13(12-18)14(19)21-5-2/h13H,4-12H2,1-3H3,(H,16,17). The fourth-order valence-electron chi connectivity index (χ4n) is 2.47. The summed E-state index contributed by atoms with van der Waals surface area (Å²) in [7, 11) is 1.78. The number of rotatable bonds is 7. The Hall–Kier alpha value is -1.30. The van der Waals surface area contributed by atoms with Crippen molar-refractivity contribution in [1.82, 2.24) is 10.2 Å². The van der Waals surface area contributed by atoms with E-state index in [1.54, 1.807) is 7.05 Å². The number of esters is 1. The van der Waals surface area contributed by atoms with E-state index >= 15 is 0 Å². The summed E-state index contributed by atoms with van der Waals surface area (Å²) in [6, 6.07) is 0. The summed E-state index contributed by atoms with van der Waals surface area (Å²) in [5.41, 5.74) is 0. The minimum Gasteiger partial charge on any atom is -0.466 e. The van der Waals surface area contributed by atoms with Crippen LogP contribution in [0.2, 0.25) is 0 Å². The van der Waals surface area contributed by atoms with Gasteiger partial charge in [-0.15, -0.1) is 0 Å². The lowest BCUT2D eigenvalue weighted by Crippen LogP contribution is -2.48. The van der Waals surface area contributed by atoms with Gasteiger partial charge in [-0.25, -0.2) is 0 Å². The fraction of sp³-hybridized carbons (Fsp3) is 0.867.